The number of rotatable bonds is 2. The van der Waals surface area contributed by atoms with E-state index in [1.807, 2.05) is 0 Å². The molecule has 2 atom stereocenters. The summed E-state index contributed by atoms with van der Waals surface area (Å²) >= 11 is 1.79. The molecule has 2 unspecified atom stereocenters. The van der Waals surface area contributed by atoms with Crippen LogP contribution >= 0.6 is 11.3 Å². The van der Waals surface area contributed by atoms with E-state index in [4.69, 9.17) is 10.7 Å². The molecule has 0 aliphatic heterocycles. The third-order valence-corrected chi connectivity index (χ3v) is 5.44. The highest BCUT2D eigenvalue weighted by Gasteiger charge is 2.28. The lowest BCUT2D eigenvalue weighted by Crippen LogP contribution is -2.39. The third-order valence-electron chi connectivity index (χ3n) is 4.12. The second-order valence-electron chi connectivity index (χ2n) is 6.46. The quantitative estimate of drug-likeness (QED) is 0.893. The van der Waals surface area contributed by atoms with Gasteiger partial charge in [0, 0.05) is 24.0 Å². The van der Waals surface area contributed by atoms with E-state index in [9.17, 15) is 0 Å². The average molecular weight is 267 g/mol. The first-order chi connectivity index (χ1) is 8.30. The Morgan fingerprint density at radius 2 is 2.11 bits per heavy atom. The Kier molecular flexibility index (Phi) is 3.70. The van der Waals surface area contributed by atoms with Crippen molar-refractivity contribution in [1.82, 2.24) is 4.98 Å². The molecule has 0 spiro atoms. The number of aryl methyl sites for hydroxylation is 1. The molecular weight excluding hydrogens is 242 g/mol. The first kappa shape index (κ1) is 13.8. The minimum atomic E-state index is 0.207. The van der Waals surface area contributed by atoms with E-state index >= 15 is 0 Å². The number of thiazole rings is 1. The van der Waals surface area contributed by atoms with E-state index in [0.717, 1.165) is 18.0 Å². The molecular formula is C14H25N3S. The van der Waals surface area contributed by atoms with Gasteiger partial charge in [-0.2, -0.15) is 0 Å². The van der Waals surface area contributed by atoms with E-state index in [-0.39, 0.29) is 11.5 Å². The van der Waals surface area contributed by atoms with Crippen molar-refractivity contribution < 1.29 is 0 Å². The largest absolute Gasteiger partial charge is 0.348 e. The topological polar surface area (TPSA) is 42.2 Å². The Morgan fingerprint density at radius 3 is 2.67 bits per heavy atom. The Morgan fingerprint density at radius 1 is 1.44 bits per heavy atom. The van der Waals surface area contributed by atoms with Crippen molar-refractivity contribution >= 4 is 16.5 Å². The zero-order chi connectivity index (χ0) is 13.5. The Labute approximate surface area is 114 Å². The zero-order valence-corrected chi connectivity index (χ0v) is 13.0. The maximum atomic E-state index is 6.17. The minimum absolute atomic E-state index is 0.207. The van der Waals surface area contributed by atoms with Crippen molar-refractivity contribution in [3.8, 4) is 0 Å². The highest BCUT2D eigenvalue weighted by Crippen LogP contribution is 2.38. The molecule has 18 heavy (non-hydrogen) atoms. The molecule has 0 amide bonds. The third kappa shape index (κ3) is 2.54. The number of hydrogen-bond donors (Lipinski definition) is 1. The molecule has 0 aromatic carbocycles. The van der Waals surface area contributed by atoms with Gasteiger partial charge in [-0.1, -0.05) is 32.1 Å². The molecule has 3 nitrogen and oxygen atoms in total. The molecule has 2 N–H and O–H groups in total. The summed E-state index contributed by atoms with van der Waals surface area (Å²) in [6, 6.07) is 0.666. The van der Waals surface area contributed by atoms with Gasteiger partial charge in [0.2, 0.25) is 0 Å². The predicted molar refractivity (Wildman–Crippen MR) is 79.3 cm³/mol. The van der Waals surface area contributed by atoms with Crippen LogP contribution in [0.2, 0.25) is 0 Å². The second kappa shape index (κ2) is 4.82. The summed E-state index contributed by atoms with van der Waals surface area (Å²) < 4.78 is 0. The molecule has 2 rings (SSSR count). The average Bonchev–Trinajstić information content (AvgIpc) is 2.71. The van der Waals surface area contributed by atoms with E-state index in [1.54, 1.807) is 11.3 Å². The van der Waals surface area contributed by atoms with Gasteiger partial charge in [0.25, 0.3) is 0 Å². The maximum Gasteiger partial charge on any atom is 0.185 e. The Bertz CT molecular complexity index is 419. The number of aromatic nitrogens is 1. The normalized spacial score (nSPS) is 21.6. The van der Waals surface area contributed by atoms with Crippen molar-refractivity contribution in [3.05, 3.63) is 10.6 Å². The monoisotopic (exact) mass is 267 g/mol. The van der Waals surface area contributed by atoms with Gasteiger partial charge in [0.1, 0.15) is 0 Å². The van der Waals surface area contributed by atoms with Crippen LogP contribution in [0.25, 0.3) is 0 Å². The van der Waals surface area contributed by atoms with Gasteiger partial charge in [0.15, 0.2) is 5.13 Å². The molecule has 0 fully saturated rings. The van der Waals surface area contributed by atoms with Gasteiger partial charge in [-0.3, -0.25) is 0 Å². The van der Waals surface area contributed by atoms with Gasteiger partial charge in [-0.05, 0) is 31.6 Å². The smallest absolute Gasteiger partial charge is 0.185 e. The van der Waals surface area contributed by atoms with Crippen molar-refractivity contribution in [3.63, 3.8) is 0 Å². The summed E-state index contributed by atoms with van der Waals surface area (Å²) in [7, 11) is 2.14. The molecule has 1 aliphatic carbocycles. The number of nitrogens with zero attached hydrogens (tertiary/aromatic N) is 2. The molecule has 0 saturated heterocycles. The van der Waals surface area contributed by atoms with E-state index in [2.05, 4.69) is 39.6 Å². The maximum absolute atomic E-state index is 6.17. The molecule has 1 aromatic heterocycles. The molecule has 0 radical (unpaired) electrons. The van der Waals surface area contributed by atoms with Crippen LogP contribution < -0.4 is 10.6 Å². The van der Waals surface area contributed by atoms with Crippen molar-refractivity contribution in [2.75, 3.05) is 11.9 Å². The minimum Gasteiger partial charge on any atom is -0.348 e. The number of hydrogen-bond acceptors (Lipinski definition) is 4. The summed E-state index contributed by atoms with van der Waals surface area (Å²) in [4.78, 5) is 8.41. The van der Waals surface area contributed by atoms with E-state index < -0.39 is 0 Å². The fourth-order valence-electron chi connectivity index (χ4n) is 2.34. The Hall–Kier alpha value is -0.610. The van der Waals surface area contributed by atoms with Crippen LogP contribution in [0.5, 0.6) is 0 Å². The van der Waals surface area contributed by atoms with Crippen LogP contribution in [0.3, 0.4) is 0 Å². The summed E-state index contributed by atoms with van der Waals surface area (Å²) in [5, 5.41) is 1.12. The van der Waals surface area contributed by atoms with E-state index in [1.165, 1.54) is 17.0 Å². The molecule has 0 bridgehead atoms. The molecule has 4 heteroatoms. The summed E-state index contributed by atoms with van der Waals surface area (Å²) in [5.41, 5.74) is 7.66. The fourth-order valence-corrected chi connectivity index (χ4v) is 3.53. The molecule has 1 aromatic rings. The predicted octanol–water partition coefficient (Wildman–Crippen LogP) is 3.35. The van der Waals surface area contributed by atoms with Gasteiger partial charge in [-0.25, -0.2) is 4.98 Å². The molecule has 1 heterocycles. The van der Waals surface area contributed by atoms with Crippen LogP contribution in [0.4, 0.5) is 5.13 Å². The lowest BCUT2D eigenvalue weighted by atomic mass is 9.87. The van der Waals surface area contributed by atoms with Crippen LogP contribution in [0, 0.1) is 5.41 Å². The van der Waals surface area contributed by atoms with Gasteiger partial charge < -0.3 is 10.6 Å². The molecule has 102 valence electrons. The Balaban J connectivity index is 2.24. The van der Waals surface area contributed by atoms with Crippen LogP contribution in [-0.4, -0.2) is 18.1 Å². The van der Waals surface area contributed by atoms with Gasteiger partial charge >= 0.3 is 0 Å². The SMILES string of the molecule is CC(N(C)c1nc2c(s1)C(N)CCC2)C(C)(C)C. The number of nitrogens with two attached hydrogens (primary N) is 1. The molecule has 1 aliphatic rings. The number of fused-ring (bicyclic) bond motifs is 1. The summed E-state index contributed by atoms with van der Waals surface area (Å²) in [6.07, 6.45) is 3.38. The fraction of sp³-hybridized carbons (Fsp3) is 0.786. The van der Waals surface area contributed by atoms with Crippen LogP contribution in [-0.2, 0) is 6.42 Å². The highest BCUT2D eigenvalue weighted by atomic mass is 32.1. The van der Waals surface area contributed by atoms with Crippen molar-refractivity contribution in [2.45, 2.75) is 59.0 Å². The second-order valence-corrected chi connectivity index (χ2v) is 7.47. The van der Waals surface area contributed by atoms with Crippen LogP contribution in [0.1, 0.15) is 57.1 Å². The van der Waals surface area contributed by atoms with Crippen LogP contribution in [0.15, 0.2) is 0 Å². The number of anilines is 1. The first-order valence-corrected chi connectivity index (χ1v) is 7.60. The lowest BCUT2D eigenvalue weighted by molar-refractivity contribution is 0.329. The van der Waals surface area contributed by atoms with Crippen molar-refractivity contribution in [1.29, 1.82) is 0 Å². The summed E-state index contributed by atoms with van der Waals surface area (Å²) in [6.45, 7) is 9.08. The summed E-state index contributed by atoms with van der Waals surface area (Å²) in [5.74, 6) is 0. The first-order valence-electron chi connectivity index (χ1n) is 6.78. The lowest BCUT2D eigenvalue weighted by Gasteiger charge is -2.35. The molecule has 0 saturated carbocycles. The van der Waals surface area contributed by atoms with Gasteiger partial charge in [-0.15, -0.1) is 0 Å². The zero-order valence-electron chi connectivity index (χ0n) is 12.2. The highest BCUT2D eigenvalue weighted by molar-refractivity contribution is 7.15. The van der Waals surface area contributed by atoms with Gasteiger partial charge in [0.05, 0.1) is 5.69 Å². The van der Waals surface area contributed by atoms with E-state index in [0.29, 0.717) is 6.04 Å². The standard InChI is InChI=1S/C14H25N3S/c1-9(14(2,3)4)17(5)13-16-11-8-6-7-10(15)12(11)18-13/h9-10H,6-8,15H2,1-5H3. The van der Waals surface area contributed by atoms with Crippen molar-refractivity contribution in [2.24, 2.45) is 11.1 Å².